The van der Waals surface area contributed by atoms with Crippen molar-refractivity contribution in [2.75, 3.05) is 9.80 Å². The molecule has 0 atom stereocenters. The molecular formula is C52H36N2S. The normalized spacial score (nSPS) is 11.3. The van der Waals surface area contributed by atoms with E-state index in [9.17, 15) is 0 Å². The molecule has 10 aromatic rings. The molecule has 0 radical (unpaired) electrons. The maximum atomic E-state index is 2.41. The molecule has 0 N–H and O–H groups in total. The smallest absolute Gasteiger partial charge is 0.0661 e. The number of rotatable bonds is 8. The van der Waals surface area contributed by atoms with Crippen LogP contribution in [0.15, 0.2) is 218 Å². The van der Waals surface area contributed by atoms with Crippen molar-refractivity contribution < 1.29 is 0 Å². The first-order chi connectivity index (χ1) is 27.3. The Morgan fingerprint density at radius 2 is 0.709 bits per heavy atom. The minimum Gasteiger partial charge on any atom is -0.310 e. The molecule has 1 aromatic heterocycles. The van der Waals surface area contributed by atoms with Crippen molar-refractivity contribution in [1.82, 2.24) is 0 Å². The van der Waals surface area contributed by atoms with Crippen LogP contribution in [0.4, 0.5) is 34.1 Å². The zero-order valence-corrected chi connectivity index (χ0v) is 30.9. The van der Waals surface area contributed by atoms with Crippen LogP contribution in [0.25, 0.3) is 53.2 Å². The van der Waals surface area contributed by atoms with E-state index >= 15 is 0 Å². The zero-order chi connectivity index (χ0) is 36.6. The minimum absolute atomic E-state index is 1.09. The summed E-state index contributed by atoms with van der Waals surface area (Å²) in [6.45, 7) is 0. The number of fused-ring (bicyclic) bond motifs is 4. The molecule has 3 heteroatoms. The fourth-order valence-electron chi connectivity index (χ4n) is 7.72. The van der Waals surface area contributed by atoms with Crippen molar-refractivity contribution in [3.63, 3.8) is 0 Å². The van der Waals surface area contributed by atoms with Gasteiger partial charge in [-0.25, -0.2) is 0 Å². The molecule has 0 spiro atoms. The predicted octanol–water partition coefficient (Wildman–Crippen LogP) is 15.5. The summed E-state index contributed by atoms with van der Waals surface area (Å²) in [7, 11) is 0. The highest BCUT2D eigenvalue weighted by molar-refractivity contribution is 7.26. The number of hydrogen-bond acceptors (Lipinski definition) is 3. The van der Waals surface area contributed by atoms with Crippen LogP contribution >= 0.6 is 11.3 Å². The van der Waals surface area contributed by atoms with E-state index in [0.717, 1.165) is 34.1 Å². The summed E-state index contributed by atoms with van der Waals surface area (Å²) in [5.41, 5.74) is 11.5. The standard InChI is InChI=1S/C52H36N2S/c1-5-15-37(16-6-1)38-25-27-39(28-26-38)40-29-31-46(32-30-40)53(43-19-7-2-8-20-43)47-35-49-48-33-41-17-13-14-18-42(41)34-51(48)55-52(49)50(36-47)54(44-21-9-3-10-22-44)45-23-11-4-12-24-45/h1-36H. The first-order valence-corrected chi connectivity index (χ1v) is 19.5. The fraction of sp³-hybridized carbons (Fsp3) is 0. The Morgan fingerprint density at radius 1 is 0.291 bits per heavy atom. The van der Waals surface area contributed by atoms with Crippen molar-refractivity contribution in [3.05, 3.63) is 218 Å². The van der Waals surface area contributed by atoms with E-state index in [-0.39, 0.29) is 0 Å². The van der Waals surface area contributed by atoms with E-state index < -0.39 is 0 Å². The highest BCUT2D eigenvalue weighted by Gasteiger charge is 2.23. The van der Waals surface area contributed by atoms with Gasteiger partial charge >= 0.3 is 0 Å². The van der Waals surface area contributed by atoms with E-state index in [1.54, 1.807) is 0 Å². The summed E-state index contributed by atoms with van der Waals surface area (Å²) >= 11 is 1.87. The first-order valence-electron chi connectivity index (χ1n) is 18.7. The molecule has 10 rings (SSSR count). The summed E-state index contributed by atoms with van der Waals surface area (Å²) in [4.78, 5) is 4.80. The highest BCUT2D eigenvalue weighted by Crippen LogP contribution is 2.49. The lowest BCUT2D eigenvalue weighted by Crippen LogP contribution is -2.13. The maximum absolute atomic E-state index is 2.41. The second kappa shape index (κ2) is 14.1. The van der Waals surface area contributed by atoms with Gasteiger partial charge in [0, 0.05) is 43.9 Å². The molecule has 0 aliphatic heterocycles. The average molecular weight is 721 g/mol. The molecule has 1 heterocycles. The highest BCUT2D eigenvalue weighted by atomic mass is 32.1. The number of hydrogen-bond donors (Lipinski definition) is 0. The van der Waals surface area contributed by atoms with Gasteiger partial charge in [-0.3, -0.25) is 0 Å². The molecule has 9 aromatic carbocycles. The Morgan fingerprint density at radius 3 is 1.25 bits per heavy atom. The lowest BCUT2D eigenvalue weighted by Gasteiger charge is -2.30. The van der Waals surface area contributed by atoms with Gasteiger partial charge in [-0.05, 0) is 106 Å². The van der Waals surface area contributed by atoms with Crippen molar-refractivity contribution in [2.45, 2.75) is 0 Å². The van der Waals surface area contributed by atoms with Crippen LogP contribution in [-0.2, 0) is 0 Å². The Bertz CT molecular complexity index is 2850. The van der Waals surface area contributed by atoms with Gasteiger partial charge in [-0.15, -0.1) is 11.3 Å². The van der Waals surface area contributed by atoms with Gasteiger partial charge < -0.3 is 9.80 Å². The lowest BCUT2D eigenvalue weighted by molar-refractivity contribution is 1.26. The number of thiophene rings is 1. The third-order valence-electron chi connectivity index (χ3n) is 10.4. The zero-order valence-electron chi connectivity index (χ0n) is 30.1. The van der Waals surface area contributed by atoms with Gasteiger partial charge in [-0.1, -0.05) is 146 Å². The third-order valence-corrected chi connectivity index (χ3v) is 11.6. The van der Waals surface area contributed by atoms with Gasteiger partial charge in [-0.2, -0.15) is 0 Å². The number of anilines is 6. The minimum atomic E-state index is 1.09. The molecule has 55 heavy (non-hydrogen) atoms. The molecule has 260 valence electrons. The van der Waals surface area contributed by atoms with Crippen molar-refractivity contribution >= 4 is 76.4 Å². The first kappa shape index (κ1) is 32.7. The number of nitrogens with zero attached hydrogens (tertiary/aromatic N) is 2. The Hall–Kier alpha value is -6.94. The van der Waals surface area contributed by atoms with Crippen LogP contribution in [0.1, 0.15) is 0 Å². The monoisotopic (exact) mass is 720 g/mol. The largest absolute Gasteiger partial charge is 0.310 e. The van der Waals surface area contributed by atoms with Gasteiger partial charge in [0.15, 0.2) is 0 Å². The van der Waals surface area contributed by atoms with E-state index in [4.69, 9.17) is 0 Å². The number of benzene rings is 9. The second-order valence-corrected chi connectivity index (χ2v) is 14.9. The average Bonchev–Trinajstić information content (AvgIpc) is 3.62. The molecule has 0 aliphatic rings. The Labute approximate surface area is 325 Å². The van der Waals surface area contributed by atoms with Crippen LogP contribution in [-0.4, -0.2) is 0 Å². The van der Waals surface area contributed by atoms with Crippen molar-refractivity contribution in [2.24, 2.45) is 0 Å². The summed E-state index contributed by atoms with van der Waals surface area (Å²) in [6.07, 6.45) is 0. The third kappa shape index (κ3) is 6.21. The molecule has 0 amide bonds. The summed E-state index contributed by atoms with van der Waals surface area (Å²) in [5, 5.41) is 5.01. The summed E-state index contributed by atoms with van der Waals surface area (Å²) in [6, 6.07) is 78.8. The Kier molecular flexibility index (Phi) is 8.40. The maximum Gasteiger partial charge on any atom is 0.0661 e. The van der Waals surface area contributed by atoms with Gasteiger partial charge in [0.05, 0.1) is 10.4 Å². The molecule has 2 nitrogen and oxygen atoms in total. The summed E-state index contributed by atoms with van der Waals surface area (Å²) in [5.74, 6) is 0. The topological polar surface area (TPSA) is 6.48 Å². The van der Waals surface area contributed by atoms with Crippen molar-refractivity contribution in [1.29, 1.82) is 0 Å². The van der Waals surface area contributed by atoms with E-state index in [1.165, 1.54) is 53.2 Å². The van der Waals surface area contributed by atoms with Gasteiger partial charge in [0.25, 0.3) is 0 Å². The molecule has 0 bridgehead atoms. The van der Waals surface area contributed by atoms with E-state index in [2.05, 4.69) is 228 Å². The summed E-state index contributed by atoms with van der Waals surface area (Å²) < 4.78 is 2.53. The van der Waals surface area contributed by atoms with Crippen molar-refractivity contribution in [3.8, 4) is 22.3 Å². The van der Waals surface area contributed by atoms with Crippen LogP contribution in [0, 0.1) is 0 Å². The van der Waals surface area contributed by atoms with Crippen LogP contribution in [0.5, 0.6) is 0 Å². The van der Waals surface area contributed by atoms with Crippen LogP contribution in [0.2, 0.25) is 0 Å². The second-order valence-electron chi connectivity index (χ2n) is 13.8. The van der Waals surface area contributed by atoms with Crippen LogP contribution in [0.3, 0.4) is 0 Å². The molecular weight excluding hydrogens is 685 g/mol. The lowest BCUT2D eigenvalue weighted by atomic mass is 10.00. The molecule has 0 fully saturated rings. The molecule has 0 saturated carbocycles. The number of para-hydroxylation sites is 3. The van der Waals surface area contributed by atoms with Gasteiger partial charge in [0.2, 0.25) is 0 Å². The molecule has 0 unspecified atom stereocenters. The van der Waals surface area contributed by atoms with E-state index in [0.29, 0.717) is 0 Å². The van der Waals surface area contributed by atoms with E-state index in [1.807, 2.05) is 11.3 Å². The quantitative estimate of drug-likeness (QED) is 0.154. The Balaban J connectivity index is 1.17. The SMILES string of the molecule is c1ccc(-c2ccc(-c3ccc(N(c4ccccc4)c4cc(N(c5ccccc5)c5ccccc5)c5sc6cc7ccccc7cc6c5c4)cc3)cc2)cc1. The molecule has 0 aliphatic carbocycles. The predicted molar refractivity (Wildman–Crippen MR) is 237 cm³/mol. The van der Waals surface area contributed by atoms with Gasteiger partial charge in [0.1, 0.15) is 0 Å². The van der Waals surface area contributed by atoms with Crippen LogP contribution < -0.4 is 9.80 Å². The molecule has 0 saturated heterocycles. The fourth-order valence-corrected chi connectivity index (χ4v) is 8.94.